The van der Waals surface area contributed by atoms with Gasteiger partial charge in [0.25, 0.3) is 0 Å². The highest BCUT2D eigenvalue weighted by molar-refractivity contribution is 5.19. The summed E-state index contributed by atoms with van der Waals surface area (Å²) in [4.78, 5) is 2.62. The Hall–Kier alpha value is -0.900. The van der Waals surface area contributed by atoms with Crippen LogP contribution in [0.1, 0.15) is 44.7 Å². The summed E-state index contributed by atoms with van der Waals surface area (Å²) in [6, 6.07) is 11.4. The molecule has 1 saturated heterocycles. The summed E-state index contributed by atoms with van der Waals surface area (Å²) < 4.78 is 5.77. The van der Waals surface area contributed by atoms with E-state index in [-0.39, 0.29) is 0 Å². The Bertz CT molecular complexity index is 374. The second-order valence-corrected chi connectivity index (χ2v) is 5.82. The maximum absolute atomic E-state index is 5.77. The van der Waals surface area contributed by atoms with E-state index in [1.807, 2.05) is 0 Å². The number of nitrogens with zero attached hydrogens (tertiary/aromatic N) is 1. The molecule has 1 aliphatic rings. The SMILES string of the molecule is CCCNCC(c1ccccc1)N1CCC(OCC)CC1. The summed E-state index contributed by atoms with van der Waals surface area (Å²) >= 11 is 0. The highest BCUT2D eigenvalue weighted by Crippen LogP contribution is 2.25. The second-order valence-electron chi connectivity index (χ2n) is 5.82. The molecule has 1 heterocycles. The van der Waals surface area contributed by atoms with Crippen molar-refractivity contribution in [2.24, 2.45) is 0 Å². The van der Waals surface area contributed by atoms with Crippen LogP contribution in [0.4, 0.5) is 0 Å². The number of hydrogen-bond acceptors (Lipinski definition) is 3. The van der Waals surface area contributed by atoms with Gasteiger partial charge in [-0.15, -0.1) is 0 Å². The van der Waals surface area contributed by atoms with Crippen LogP contribution < -0.4 is 5.32 Å². The predicted octanol–water partition coefficient (Wildman–Crippen LogP) is 3.23. The molecule has 1 fully saturated rings. The lowest BCUT2D eigenvalue weighted by molar-refractivity contribution is 0.00366. The van der Waals surface area contributed by atoms with Crippen LogP contribution in [0.25, 0.3) is 0 Å². The van der Waals surface area contributed by atoms with Crippen molar-refractivity contribution in [3.63, 3.8) is 0 Å². The lowest BCUT2D eigenvalue weighted by Gasteiger charge is -2.38. The molecule has 0 radical (unpaired) electrons. The Labute approximate surface area is 129 Å². The van der Waals surface area contributed by atoms with Gasteiger partial charge in [0, 0.05) is 32.3 Å². The topological polar surface area (TPSA) is 24.5 Å². The quantitative estimate of drug-likeness (QED) is 0.744. The summed E-state index contributed by atoms with van der Waals surface area (Å²) in [5.74, 6) is 0. The average molecular weight is 290 g/mol. The Morgan fingerprint density at radius 3 is 2.52 bits per heavy atom. The summed E-state index contributed by atoms with van der Waals surface area (Å²) in [5, 5.41) is 3.59. The van der Waals surface area contributed by atoms with Crippen LogP contribution in [0.5, 0.6) is 0 Å². The van der Waals surface area contributed by atoms with Crippen LogP contribution in [0.3, 0.4) is 0 Å². The maximum atomic E-state index is 5.77. The van der Waals surface area contributed by atoms with Crippen LogP contribution in [0.15, 0.2) is 30.3 Å². The molecule has 0 spiro atoms. The van der Waals surface area contributed by atoms with E-state index in [1.54, 1.807) is 0 Å². The first-order valence-electron chi connectivity index (χ1n) is 8.46. The molecule has 1 atom stereocenters. The zero-order valence-corrected chi connectivity index (χ0v) is 13.6. The minimum absolute atomic E-state index is 0.464. The third kappa shape index (κ3) is 5.10. The first kappa shape index (κ1) is 16.5. The summed E-state index contributed by atoms with van der Waals surface area (Å²) in [5.41, 5.74) is 1.43. The average Bonchev–Trinajstić information content (AvgIpc) is 2.54. The molecular formula is C18H30N2O. The largest absolute Gasteiger partial charge is 0.378 e. The van der Waals surface area contributed by atoms with Crippen LogP contribution >= 0.6 is 0 Å². The normalized spacial score (nSPS) is 18.8. The van der Waals surface area contributed by atoms with Crippen molar-refractivity contribution in [1.29, 1.82) is 0 Å². The highest BCUT2D eigenvalue weighted by atomic mass is 16.5. The third-order valence-electron chi connectivity index (χ3n) is 4.27. The van der Waals surface area contributed by atoms with Gasteiger partial charge in [0.1, 0.15) is 0 Å². The molecule has 2 rings (SSSR count). The van der Waals surface area contributed by atoms with Crippen molar-refractivity contribution >= 4 is 0 Å². The zero-order chi connectivity index (χ0) is 14.9. The van der Waals surface area contributed by atoms with Gasteiger partial charge in [-0.3, -0.25) is 4.90 Å². The Kier molecular flexibility index (Phi) is 7.20. The lowest BCUT2D eigenvalue weighted by atomic mass is 10.00. The molecule has 0 aliphatic carbocycles. The maximum Gasteiger partial charge on any atom is 0.0599 e. The van der Waals surface area contributed by atoms with E-state index in [1.165, 1.54) is 12.0 Å². The molecule has 118 valence electrons. The molecular weight excluding hydrogens is 260 g/mol. The Balaban J connectivity index is 1.96. The van der Waals surface area contributed by atoms with Crippen molar-refractivity contribution in [2.45, 2.75) is 45.3 Å². The minimum atomic E-state index is 0.464. The first-order valence-corrected chi connectivity index (χ1v) is 8.46. The summed E-state index contributed by atoms with van der Waals surface area (Å²) in [7, 11) is 0. The molecule has 1 unspecified atom stereocenters. The molecule has 0 saturated carbocycles. The fraction of sp³-hybridized carbons (Fsp3) is 0.667. The number of nitrogens with one attached hydrogen (secondary N) is 1. The van der Waals surface area contributed by atoms with Gasteiger partial charge in [-0.05, 0) is 38.3 Å². The smallest absolute Gasteiger partial charge is 0.0599 e. The standard InChI is InChI=1S/C18H30N2O/c1-3-12-19-15-18(16-8-6-5-7-9-16)20-13-10-17(11-14-20)21-4-2/h5-9,17-19H,3-4,10-15H2,1-2H3. The van der Waals surface area contributed by atoms with Gasteiger partial charge in [0.2, 0.25) is 0 Å². The fourth-order valence-electron chi connectivity index (χ4n) is 3.14. The molecule has 1 aromatic rings. The molecule has 1 aliphatic heterocycles. The molecule has 0 aromatic heterocycles. The third-order valence-corrected chi connectivity index (χ3v) is 4.27. The van der Waals surface area contributed by atoms with Crippen LogP contribution in [0, 0.1) is 0 Å². The summed E-state index contributed by atoms with van der Waals surface area (Å²) in [6.07, 6.45) is 3.97. The zero-order valence-electron chi connectivity index (χ0n) is 13.6. The molecule has 1 aromatic carbocycles. The van der Waals surface area contributed by atoms with E-state index in [0.29, 0.717) is 12.1 Å². The Morgan fingerprint density at radius 2 is 1.90 bits per heavy atom. The van der Waals surface area contributed by atoms with Crippen molar-refractivity contribution in [2.75, 3.05) is 32.8 Å². The monoisotopic (exact) mass is 290 g/mol. The number of piperidine rings is 1. The number of rotatable bonds is 8. The first-order chi connectivity index (χ1) is 10.3. The number of benzene rings is 1. The van der Waals surface area contributed by atoms with Gasteiger partial charge in [-0.1, -0.05) is 37.3 Å². The van der Waals surface area contributed by atoms with Crippen molar-refractivity contribution in [1.82, 2.24) is 10.2 Å². The van der Waals surface area contributed by atoms with E-state index < -0.39 is 0 Å². The number of likely N-dealkylation sites (tertiary alicyclic amines) is 1. The predicted molar refractivity (Wildman–Crippen MR) is 88.6 cm³/mol. The molecule has 3 heteroatoms. The number of ether oxygens (including phenoxy) is 1. The van der Waals surface area contributed by atoms with Crippen LogP contribution in [0.2, 0.25) is 0 Å². The van der Waals surface area contributed by atoms with Crippen molar-refractivity contribution in [3.05, 3.63) is 35.9 Å². The summed E-state index contributed by atoms with van der Waals surface area (Å²) in [6.45, 7) is 9.56. The molecule has 1 N–H and O–H groups in total. The van der Waals surface area contributed by atoms with E-state index in [2.05, 4.69) is 54.4 Å². The highest BCUT2D eigenvalue weighted by Gasteiger charge is 2.25. The van der Waals surface area contributed by atoms with E-state index in [4.69, 9.17) is 4.74 Å². The van der Waals surface area contributed by atoms with Gasteiger partial charge in [0.15, 0.2) is 0 Å². The van der Waals surface area contributed by atoms with Crippen LogP contribution in [-0.2, 0) is 4.74 Å². The minimum Gasteiger partial charge on any atom is -0.378 e. The van der Waals surface area contributed by atoms with Gasteiger partial charge >= 0.3 is 0 Å². The number of hydrogen-bond donors (Lipinski definition) is 1. The van der Waals surface area contributed by atoms with E-state index >= 15 is 0 Å². The van der Waals surface area contributed by atoms with Gasteiger partial charge in [-0.2, -0.15) is 0 Å². The second kappa shape index (κ2) is 9.19. The van der Waals surface area contributed by atoms with E-state index in [9.17, 15) is 0 Å². The van der Waals surface area contributed by atoms with Crippen molar-refractivity contribution in [3.8, 4) is 0 Å². The fourth-order valence-corrected chi connectivity index (χ4v) is 3.14. The van der Waals surface area contributed by atoms with Crippen LogP contribution in [-0.4, -0.2) is 43.8 Å². The molecule has 0 bridgehead atoms. The van der Waals surface area contributed by atoms with E-state index in [0.717, 1.165) is 45.6 Å². The van der Waals surface area contributed by atoms with Gasteiger partial charge in [0.05, 0.1) is 6.10 Å². The molecule has 0 amide bonds. The van der Waals surface area contributed by atoms with Gasteiger partial charge in [-0.25, -0.2) is 0 Å². The van der Waals surface area contributed by atoms with Crippen molar-refractivity contribution < 1.29 is 4.74 Å². The molecule has 21 heavy (non-hydrogen) atoms. The Morgan fingerprint density at radius 1 is 1.19 bits per heavy atom. The molecule has 3 nitrogen and oxygen atoms in total. The lowest BCUT2D eigenvalue weighted by Crippen LogP contribution is -2.43. The van der Waals surface area contributed by atoms with Gasteiger partial charge < -0.3 is 10.1 Å².